The first-order valence-corrected chi connectivity index (χ1v) is 11.7. The normalized spacial score (nSPS) is 24.9. The predicted octanol–water partition coefficient (Wildman–Crippen LogP) is 6.30. The third-order valence-corrected chi connectivity index (χ3v) is 7.59. The molecule has 2 unspecified atom stereocenters. The van der Waals surface area contributed by atoms with Crippen molar-refractivity contribution in [2.75, 3.05) is 6.54 Å². The van der Waals surface area contributed by atoms with E-state index in [0.717, 1.165) is 42.1 Å². The van der Waals surface area contributed by atoms with Gasteiger partial charge in [0.2, 0.25) is 0 Å². The smallest absolute Gasteiger partial charge is 0.272 e. The van der Waals surface area contributed by atoms with Crippen molar-refractivity contribution in [2.45, 2.75) is 46.1 Å². The number of likely N-dealkylation sites (tertiary alicyclic amines) is 1. The number of hydrogen-bond donors (Lipinski definition) is 0. The lowest BCUT2D eigenvalue weighted by Gasteiger charge is -2.39. The van der Waals surface area contributed by atoms with Crippen molar-refractivity contribution < 1.29 is 4.79 Å². The van der Waals surface area contributed by atoms with Gasteiger partial charge in [-0.25, -0.2) is 4.68 Å². The zero-order valence-corrected chi connectivity index (χ0v) is 19.1. The molecular weight excluding hydrogens is 414 g/mol. The lowest BCUT2D eigenvalue weighted by Crippen LogP contribution is -2.38. The first kappa shape index (κ1) is 19.8. The van der Waals surface area contributed by atoms with Crippen LogP contribution in [0.5, 0.6) is 0 Å². The van der Waals surface area contributed by atoms with Gasteiger partial charge in [-0.15, -0.1) is 11.3 Å². The summed E-state index contributed by atoms with van der Waals surface area (Å²) < 4.78 is 1.78. The maximum atomic E-state index is 13.8. The molecule has 1 aromatic carbocycles. The summed E-state index contributed by atoms with van der Waals surface area (Å²) in [7, 11) is 0. The first-order chi connectivity index (χ1) is 14.2. The lowest BCUT2D eigenvalue weighted by molar-refractivity contribution is 0.0699. The molecule has 0 N–H and O–H groups in total. The topological polar surface area (TPSA) is 38.1 Å². The molecule has 3 heterocycles. The van der Waals surface area contributed by atoms with E-state index in [2.05, 4.69) is 25.7 Å². The zero-order valence-electron chi connectivity index (χ0n) is 17.6. The second kappa shape index (κ2) is 6.96. The fraction of sp³-hybridized carbons (Fsp3) is 0.417. The molecule has 2 aromatic heterocycles. The van der Waals surface area contributed by atoms with Crippen LogP contribution in [0.25, 0.3) is 16.3 Å². The van der Waals surface area contributed by atoms with Crippen molar-refractivity contribution in [3.05, 3.63) is 58.6 Å². The summed E-state index contributed by atoms with van der Waals surface area (Å²) in [6.07, 6.45) is 3.31. The standard InChI is InChI=1S/C24H26ClN3OS/c1-23(2)12-18-13-24(3,14-23)15-27(18)22(29)20-11-19(21-5-4-10-30-21)26-28(20)17-8-6-16(25)7-9-17/h4-11,18H,12-15H2,1-3H3. The van der Waals surface area contributed by atoms with Crippen LogP contribution in [0.2, 0.25) is 5.02 Å². The van der Waals surface area contributed by atoms with E-state index < -0.39 is 0 Å². The van der Waals surface area contributed by atoms with E-state index in [0.29, 0.717) is 16.8 Å². The maximum Gasteiger partial charge on any atom is 0.272 e. The van der Waals surface area contributed by atoms with E-state index in [-0.39, 0.29) is 16.7 Å². The molecule has 1 saturated heterocycles. The second-order valence-corrected chi connectivity index (χ2v) is 11.3. The summed E-state index contributed by atoms with van der Waals surface area (Å²) >= 11 is 7.72. The Morgan fingerprint density at radius 3 is 2.63 bits per heavy atom. The Kier molecular flexibility index (Phi) is 4.60. The van der Waals surface area contributed by atoms with E-state index in [4.69, 9.17) is 16.7 Å². The Morgan fingerprint density at radius 1 is 1.17 bits per heavy atom. The number of carbonyl (C=O) groups is 1. The van der Waals surface area contributed by atoms with Gasteiger partial charge >= 0.3 is 0 Å². The van der Waals surface area contributed by atoms with Crippen LogP contribution in [0.1, 0.15) is 50.5 Å². The first-order valence-electron chi connectivity index (χ1n) is 10.4. The van der Waals surface area contributed by atoms with Crippen molar-refractivity contribution >= 4 is 28.8 Å². The van der Waals surface area contributed by atoms with Gasteiger partial charge in [0.25, 0.3) is 5.91 Å². The second-order valence-electron chi connectivity index (χ2n) is 9.93. The summed E-state index contributed by atoms with van der Waals surface area (Å²) in [6.45, 7) is 7.82. The number of carbonyl (C=O) groups excluding carboxylic acids is 1. The fourth-order valence-corrected chi connectivity index (χ4v) is 6.51. The van der Waals surface area contributed by atoms with Gasteiger partial charge in [0, 0.05) is 17.6 Å². The molecule has 1 aliphatic carbocycles. The number of benzene rings is 1. The van der Waals surface area contributed by atoms with Crippen molar-refractivity contribution in [3.8, 4) is 16.3 Å². The minimum absolute atomic E-state index is 0.0756. The SMILES string of the molecule is CC1(C)CC2CC(C)(CN2C(=O)c2cc(-c3cccs3)nn2-c2ccc(Cl)cc2)C1. The summed E-state index contributed by atoms with van der Waals surface area (Å²) in [4.78, 5) is 17.0. The molecule has 0 spiro atoms. The van der Waals surface area contributed by atoms with E-state index in [1.807, 2.05) is 47.8 Å². The Labute approximate surface area is 186 Å². The lowest BCUT2D eigenvalue weighted by atomic mass is 9.65. The summed E-state index contributed by atoms with van der Waals surface area (Å²) in [5.74, 6) is 0.0756. The van der Waals surface area contributed by atoms with Crippen LogP contribution in [0.4, 0.5) is 0 Å². The summed E-state index contributed by atoms with van der Waals surface area (Å²) in [5, 5.41) is 7.51. The number of aromatic nitrogens is 2. The monoisotopic (exact) mass is 439 g/mol. The molecule has 4 nitrogen and oxygen atoms in total. The molecule has 30 heavy (non-hydrogen) atoms. The molecule has 5 rings (SSSR count). The van der Waals surface area contributed by atoms with E-state index in [1.54, 1.807) is 16.0 Å². The zero-order chi connectivity index (χ0) is 21.1. The van der Waals surface area contributed by atoms with Gasteiger partial charge in [-0.2, -0.15) is 5.10 Å². The van der Waals surface area contributed by atoms with Crippen molar-refractivity contribution in [1.82, 2.24) is 14.7 Å². The number of nitrogens with zero attached hydrogens (tertiary/aromatic N) is 3. The van der Waals surface area contributed by atoms with Crippen LogP contribution in [-0.2, 0) is 0 Å². The highest BCUT2D eigenvalue weighted by atomic mass is 35.5. The Hall–Kier alpha value is -2.11. The van der Waals surface area contributed by atoms with E-state index in [9.17, 15) is 4.79 Å². The molecule has 2 fully saturated rings. The number of halogens is 1. The molecule has 2 bridgehead atoms. The maximum absolute atomic E-state index is 13.8. The number of rotatable bonds is 3. The van der Waals surface area contributed by atoms with Crippen molar-refractivity contribution in [3.63, 3.8) is 0 Å². The highest BCUT2D eigenvalue weighted by molar-refractivity contribution is 7.13. The highest BCUT2D eigenvalue weighted by Gasteiger charge is 2.51. The van der Waals surface area contributed by atoms with Crippen LogP contribution in [-0.4, -0.2) is 33.2 Å². The van der Waals surface area contributed by atoms with Crippen LogP contribution in [0, 0.1) is 10.8 Å². The Bertz CT molecular complexity index is 1090. The van der Waals surface area contributed by atoms with E-state index >= 15 is 0 Å². The third-order valence-electron chi connectivity index (χ3n) is 6.45. The van der Waals surface area contributed by atoms with Gasteiger partial charge < -0.3 is 4.90 Å². The molecule has 1 saturated carbocycles. The molecule has 6 heteroatoms. The van der Waals surface area contributed by atoms with Crippen molar-refractivity contribution in [1.29, 1.82) is 0 Å². The molecule has 2 atom stereocenters. The van der Waals surface area contributed by atoms with Gasteiger partial charge in [0.1, 0.15) is 11.4 Å². The van der Waals surface area contributed by atoms with Gasteiger partial charge in [0.05, 0.1) is 10.6 Å². The molecular formula is C24H26ClN3OS. The predicted molar refractivity (Wildman–Crippen MR) is 122 cm³/mol. The average molecular weight is 440 g/mol. The largest absolute Gasteiger partial charge is 0.334 e. The van der Waals surface area contributed by atoms with Crippen LogP contribution < -0.4 is 0 Å². The van der Waals surface area contributed by atoms with Gasteiger partial charge in [0.15, 0.2) is 0 Å². The molecule has 3 aromatic rings. The van der Waals surface area contributed by atoms with Crippen LogP contribution in [0.3, 0.4) is 0 Å². The minimum atomic E-state index is 0.0756. The van der Waals surface area contributed by atoms with Gasteiger partial charge in [-0.05, 0) is 71.9 Å². The highest BCUT2D eigenvalue weighted by Crippen LogP contribution is 2.52. The number of fused-ring (bicyclic) bond motifs is 2. The average Bonchev–Trinajstić information content (AvgIpc) is 3.38. The van der Waals surface area contributed by atoms with Crippen LogP contribution in [0.15, 0.2) is 47.8 Å². The fourth-order valence-electron chi connectivity index (χ4n) is 5.70. The van der Waals surface area contributed by atoms with Crippen LogP contribution >= 0.6 is 22.9 Å². The third kappa shape index (κ3) is 3.48. The van der Waals surface area contributed by atoms with Crippen molar-refractivity contribution in [2.24, 2.45) is 10.8 Å². The Balaban J connectivity index is 1.56. The number of amides is 1. The molecule has 1 amide bonds. The molecule has 0 radical (unpaired) electrons. The summed E-state index contributed by atoms with van der Waals surface area (Å²) in [5.41, 5.74) is 2.76. The number of hydrogen-bond acceptors (Lipinski definition) is 3. The number of thiophene rings is 1. The van der Waals surface area contributed by atoms with E-state index in [1.165, 1.54) is 0 Å². The molecule has 1 aliphatic heterocycles. The molecule has 156 valence electrons. The molecule has 2 aliphatic rings. The van der Waals surface area contributed by atoms with Gasteiger partial charge in [-0.1, -0.05) is 38.4 Å². The minimum Gasteiger partial charge on any atom is -0.334 e. The summed E-state index contributed by atoms with van der Waals surface area (Å²) in [6, 6.07) is 13.8. The van der Waals surface area contributed by atoms with Gasteiger partial charge in [-0.3, -0.25) is 4.79 Å². The quantitative estimate of drug-likeness (QED) is 0.480. The Morgan fingerprint density at radius 2 is 1.93 bits per heavy atom.